The predicted octanol–water partition coefficient (Wildman–Crippen LogP) is 4.81. The molecule has 0 aliphatic carbocycles. The van der Waals surface area contributed by atoms with Gasteiger partial charge in [0.2, 0.25) is 9.84 Å². The molecule has 0 radical (unpaired) electrons. The van der Waals surface area contributed by atoms with Gasteiger partial charge in [-0.05, 0) is 48.2 Å². The molecule has 0 spiro atoms. The van der Waals surface area contributed by atoms with E-state index in [0.717, 1.165) is 17.3 Å². The molecule has 5 heteroatoms. The normalized spacial score (nSPS) is 11.7. The van der Waals surface area contributed by atoms with Crippen LogP contribution in [0.25, 0.3) is 0 Å². The first-order valence-corrected chi connectivity index (χ1v) is 10.2. The molecule has 0 aliphatic heterocycles. The molecule has 0 saturated carbocycles. The van der Waals surface area contributed by atoms with E-state index in [1.54, 1.807) is 36.4 Å². The van der Waals surface area contributed by atoms with Crippen LogP contribution in [0.1, 0.15) is 31.7 Å². The maximum Gasteiger partial charge on any atom is 0.206 e. The van der Waals surface area contributed by atoms with Crippen molar-refractivity contribution in [3.63, 3.8) is 0 Å². The Kier molecular flexibility index (Phi) is 6.25. The Morgan fingerprint density at radius 3 is 2.30 bits per heavy atom. The fourth-order valence-corrected chi connectivity index (χ4v) is 4.14. The number of sulfone groups is 1. The Balaban J connectivity index is 2.30. The number of alkyl halides is 1. The Morgan fingerprint density at radius 2 is 1.70 bits per heavy atom. The molecule has 0 aromatic heterocycles. The second-order valence-corrected chi connectivity index (χ2v) is 8.27. The van der Waals surface area contributed by atoms with Gasteiger partial charge in [-0.2, -0.15) is 0 Å². The first kappa shape index (κ1) is 18.0. The number of benzene rings is 2. The minimum absolute atomic E-state index is 0.146. The van der Waals surface area contributed by atoms with Crippen LogP contribution in [0.5, 0.6) is 5.75 Å². The highest BCUT2D eigenvalue weighted by atomic mass is 79.9. The molecule has 0 heterocycles. The van der Waals surface area contributed by atoms with Crippen LogP contribution in [0, 0.1) is 0 Å². The van der Waals surface area contributed by atoms with E-state index >= 15 is 0 Å². The topological polar surface area (TPSA) is 43.4 Å². The molecule has 0 amide bonds. The van der Waals surface area contributed by atoms with E-state index in [-0.39, 0.29) is 5.92 Å². The third-order valence-corrected chi connectivity index (χ3v) is 5.92. The molecule has 0 fully saturated rings. The van der Waals surface area contributed by atoms with E-state index in [9.17, 15) is 8.42 Å². The molecule has 3 nitrogen and oxygen atoms in total. The first-order chi connectivity index (χ1) is 11.0. The molecular weight excluding hydrogens is 376 g/mol. The maximum absolute atomic E-state index is 12.9. The highest BCUT2D eigenvalue weighted by molar-refractivity contribution is 9.09. The summed E-state index contributed by atoms with van der Waals surface area (Å²) >= 11 is 3.35. The molecule has 0 aliphatic rings. The molecule has 2 aromatic carbocycles. The van der Waals surface area contributed by atoms with Crippen molar-refractivity contribution in [2.24, 2.45) is 0 Å². The summed E-state index contributed by atoms with van der Waals surface area (Å²) in [4.78, 5) is 0.668. The lowest BCUT2D eigenvalue weighted by atomic mass is 10.0. The Bertz CT molecular complexity index is 737. The summed E-state index contributed by atoms with van der Waals surface area (Å²) in [5.74, 6) is 0.829. The third kappa shape index (κ3) is 4.36. The van der Waals surface area contributed by atoms with Crippen molar-refractivity contribution in [3.05, 3.63) is 54.1 Å². The summed E-state index contributed by atoms with van der Waals surface area (Å²) in [6.45, 7) is 4.60. The van der Waals surface area contributed by atoms with E-state index < -0.39 is 9.84 Å². The molecule has 23 heavy (non-hydrogen) atoms. The van der Waals surface area contributed by atoms with Gasteiger partial charge in [0, 0.05) is 5.33 Å². The van der Waals surface area contributed by atoms with E-state index in [1.807, 2.05) is 26.0 Å². The molecule has 0 atom stereocenters. The second-order valence-electron chi connectivity index (χ2n) is 5.56. The van der Waals surface area contributed by atoms with Gasteiger partial charge in [-0.3, -0.25) is 0 Å². The molecule has 124 valence electrons. The monoisotopic (exact) mass is 396 g/mol. The van der Waals surface area contributed by atoms with Crippen LogP contribution in [-0.2, 0) is 9.84 Å². The summed E-state index contributed by atoms with van der Waals surface area (Å²) in [5, 5.41) is 0.880. The third-order valence-electron chi connectivity index (χ3n) is 3.51. The zero-order valence-electron chi connectivity index (χ0n) is 13.3. The summed E-state index contributed by atoms with van der Waals surface area (Å²) in [6, 6.07) is 13.8. The lowest BCUT2D eigenvalue weighted by Gasteiger charge is -2.13. The van der Waals surface area contributed by atoms with Gasteiger partial charge >= 0.3 is 0 Å². The molecular formula is C18H21BrO3S. The standard InChI is InChI=1S/C18H21BrO3S/c1-14(2)17-6-3-4-7-18(17)23(20,21)16-10-8-15(9-11-16)22-13-5-12-19/h3-4,6-11,14H,5,12-13H2,1-2H3. The van der Waals surface area contributed by atoms with Crippen molar-refractivity contribution in [2.75, 3.05) is 11.9 Å². The molecule has 2 aromatic rings. The molecule has 0 N–H and O–H groups in total. The lowest BCUT2D eigenvalue weighted by molar-refractivity contribution is 0.319. The van der Waals surface area contributed by atoms with Crippen LogP contribution in [0.2, 0.25) is 0 Å². The van der Waals surface area contributed by atoms with Gasteiger partial charge in [-0.25, -0.2) is 8.42 Å². The van der Waals surface area contributed by atoms with Crippen LogP contribution >= 0.6 is 15.9 Å². The van der Waals surface area contributed by atoms with E-state index in [1.165, 1.54) is 0 Å². The van der Waals surface area contributed by atoms with Crippen LogP contribution in [0.3, 0.4) is 0 Å². The van der Waals surface area contributed by atoms with Crippen molar-refractivity contribution in [2.45, 2.75) is 36.0 Å². The molecule has 0 bridgehead atoms. The SMILES string of the molecule is CC(C)c1ccccc1S(=O)(=O)c1ccc(OCCCBr)cc1. The average molecular weight is 397 g/mol. The van der Waals surface area contributed by atoms with Gasteiger partial charge < -0.3 is 4.74 Å². The fourth-order valence-electron chi connectivity index (χ4n) is 2.29. The lowest BCUT2D eigenvalue weighted by Crippen LogP contribution is -2.07. The van der Waals surface area contributed by atoms with Crippen LogP contribution < -0.4 is 4.74 Å². The zero-order valence-corrected chi connectivity index (χ0v) is 15.7. The smallest absolute Gasteiger partial charge is 0.206 e. The van der Waals surface area contributed by atoms with Crippen molar-refractivity contribution < 1.29 is 13.2 Å². The van der Waals surface area contributed by atoms with Gasteiger partial charge in [-0.1, -0.05) is 48.0 Å². The predicted molar refractivity (Wildman–Crippen MR) is 96.3 cm³/mol. The number of hydrogen-bond acceptors (Lipinski definition) is 3. The van der Waals surface area contributed by atoms with E-state index in [2.05, 4.69) is 15.9 Å². The summed E-state index contributed by atoms with van der Waals surface area (Å²) < 4.78 is 31.3. The Labute approximate surface area is 146 Å². The summed E-state index contributed by atoms with van der Waals surface area (Å²) in [5.41, 5.74) is 0.838. The molecule has 0 unspecified atom stereocenters. The van der Waals surface area contributed by atoms with Crippen LogP contribution in [0.4, 0.5) is 0 Å². The molecule has 0 saturated heterocycles. The molecule has 2 rings (SSSR count). The highest BCUT2D eigenvalue weighted by Crippen LogP contribution is 2.29. The van der Waals surface area contributed by atoms with E-state index in [0.29, 0.717) is 22.1 Å². The van der Waals surface area contributed by atoms with Gasteiger partial charge in [0.05, 0.1) is 16.4 Å². The van der Waals surface area contributed by atoms with Crippen molar-refractivity contribution in [1.29, 1.82) is 0 Å². The number of hydrogen-bond donors (Lipinski definition) is 0. The first-order valence-electron chi connectivity index (χ1n) is 7.59. The maximum atomic E-state index is 12.9. The fraction of sp³-hybridized carbons (Fsp3) is 0.333. The Morgan fingerprint density at radius 1 is 1.04 bits per heavy atom. The minimum Gasteiger partial charge on any atom is -0.494 e. The minimum atomic E-state index is -3.52. The number of halogens is 1. The van der Waals surface area contributed by atoms with Crippen molar-refractivity contribution in [1.82, 2.24) is 0 Å². The van der Waals surface area contributed by atoms with Crippen molar-refractivity contribution >= 4 is 25.8 Å². The zero-order chi connectivity index (χ0) is 16.9. The average Bonchev–Trinajstić information content (AvgIpc) is 2.55. The van der Waals surface area contributed by atoms with Gasteiger partial charge in [0.25, 0.3) is 0 Å². The Hall–Kier alpha value is -1.33. The van der Waals surface area contributed by atoms with Gasteiger partial charge in [0.15, 0.2) is 0 Å². The second kappa shape index (κ2) is 7.97. The summed E-state index contributed by atoms with van der Waals surface area (Å²) in [6.07, 6.45) is 0.905. The highest BCUT2D eigenvalue weighted by Gasteiger charge is 2.22. The van der Waals surface area contributed by atoms with Crippen LogP contribution in [0.15, 0.2) is 58.3 Å². The van der Waals surface area contributed by atoms with Gasteiger partial charge in [0.1, 0.15) is 5.75 Å². The van der Waals surface area contributed by atoms with Crippen LogP contribution in [-0.4, -0.2) is 20.4 Å². The van der Waals surface area contributed by atoms with Gasteiger partial charge in [-0.15, -0.1) is 0 Å². The van der Waals surface area contributed by atoms with Crippen molar-refractivity contribution in [3.8, 4) is 5.75 Å². The van der Waals surface area contributed by atoms with E-state index in [4.69, 9.17) is 4.74 Å². The largest absolute Gasteiger partial charge is 0.494 e. The quantitative estimate of drug-likeness (QED) is 0.498. The number of rotatable bonds is 7. The number of ether oxygens (including phenoxy) is 1. The summed E-state index contributed by atoms with van der Waals surface area (Å²) in [7, 11) is -3.52.